The molecule has 4 aromatic rings. The van der Waals surface area contributed by atoms with E-state index in [0.29, 0.717) is 5.69 Å². The molecule has 2 fully saturated rings. The molecule has 0 unspecified atom stereocenters. The van der Waals surface area contributed by atoms with Crippen molar-refractivity contribution in [2.75, 3.05) is 11.1 Å². The van der Waals surface area contributed by atoms with Crippen LogP contribution in [0.15, 0.2) is 73.1 Å². The number of hydrogen-bond acceptors (Lipinski definition) is 9. The van der Waals surface area contributed by atoms with Gasteiger partial charge < -0.3 is 34.8 Å². The lowest BCUT2D eigenvalue weighted by molar-refractivity contribution is -0.141. The number of amides is 1. The van der Waals surface area contributed by atoms with Crippen molar-refractivity contribution in [2.45, 2.75) is 105 Å². The Morgan fingerprint density at radius 2 is 1.14 bits per heavy atom. The molecule has 2 aromatic carbocycles. The number of alkyl halides is 3. The summed E-state index contributed by atoms with van der Waals surface area (Å²) in [6, 6.07) is 15.9. The molecule has 2 aromatic heterocycles. The van der Waals surface area contributed by atoms with Crippen LogP contribution in [0.2, 0.25) is 0 Å². The van der Waals surface area contributed by atoms with Crippen molar-refractivity contribution in [3.63, 3.8) is 0 Å². The number of aryl methyl sites for hydroxylation is 3. The summed E-state index contributed by atoms with van der Waals surface area (Å²) in [6.45, 7) is 21.7. The fraction of sp³-hybridized carbons (Fsp3) is 0.400. The lowest BCUT2D eigenvalue weighted by atomic mass is 9.76. The standard InChI is InChI=1S/C20H22BF3N2O3.C13H20BNO2.C7H7NO2/c1-12-6-7-14(11-15(12)21-28-18(2,3)19(4,5)29-21)26-17(27)13-8-9-25-16(10-13)20(22,23)24;1-9-6-7-10(15)8-11(9)14-16-12(2,3)13(4,5)17-14;1-5-4-6(7(9)10)2-3-8-5/h6-11H,1-5H3,(H,26,27);6-8H,15H2,1-5H3;2-4H,1H3,(H,9,10). The second kappa shape index (κ2) is 16.4. The van der Waals surface area contributed by atoms with Gasteiger partial charge in [-0.25, -0.2) is 4.79 Å². The van der Waals surface area contributed by atoms with Gasteiger partial charge in [0.2, 0.25) is 0 Å². The van der Waals surface area contributed by atoms with E-state index >= 15 is 0 Å². The van der Waals surface area contributed by atoms with Gasteiger partial charge in [0.15, 0.2) is 0 Å². The number of benzene rings is 2. The van der Waals surface area contributed by atoms with Crippen LogP contribution in [0.3, 0.4) is 0 Å². The van der Waals surface area contributed by atoms with E-state index in [4.69, 9.17) is 29.5 Å². The van der Waals surface area contributed by atoms with Gasteiger partial charge in [0.25, 0.3) is 5.91 Å². The molecule has 1 amide bonds. The Kier molecular flexibility index (Phi) is 12.9. The second-order valence-corrected chi connectivity index (χ2v) is 15.7. The van der Waals surface area contributed by atoms with Crippen LogP contribution >= 0.6 is 0 Å². The Morgan fingerprint density at radius 1 is 0.679 bits per heavy atom. The maximum Gasteiger partial charge on any atom is 0.495 e. The first kappa shape index (κ1) is 44.0. The highest BCUT2D eigenvalue weighted by atomic mass is 19.4. The van der Waals surface area contributed by atoms with Crippen LogP contribution in [0.25, 0.3) is 0 Å². The molecule has 4 heterocycles. The predicted molar refractivity (Wildman–Crippen MR) is 211 cm³/mol. The summed E-state index contributed by atoms with van der Waals surface area (Å²) < 4.78 is 62.6. The van der Waals surface area contributed by atoms with Gasteiger partial charge in [-0.2, -0.15) is 13.2 Å². The first-order valence-corrected chi connectivity index (χ1v) is 17.9. The molecule has 56 heavy (non-hydrogen) atoms. The van der Waals surface area contributed by atoms with Gasteiger partial charge >= 0.3 is 26.4 Å². The average Bonchev–Trinajstić information content (AvgIpc) is 3.45. The molecule has 2 aliphatic heterocycles. The number of nitrogens with zero attached hydrogens (tertiary/aromatic N) is 2. The summed E-state index contributed by atoms with van der Waals surface area (Å²) in [4.78, 5) is 29.9. The van der Waals surface area contributed by atoms with Crippen molar-refractivity contribution in [2.24, 2.45) is 0 Å². The summed E-state index contributed by atoms with van der Waals surface area (Å²) in [7, 11) is -0.946. The second-order valence-electron chi connectivity index (χ2n) is 15.7. The first-order chi connectivity index (χ1) is 25.7. The van der Waals surface area contributed by atoms with Crippen LogP contribution in [-0.2, 0) is 24.8 Å². The van der Waals surface area contributed by atoms with E-state index in [-0.39, 0.29) is 29.4 Å². The Labute approximate surface area is 326 Å². The van der Waals surface area contributed by atoms with Crippen LogP contribution < -0.4 is 22.0 Å². The van der Waals surface area contributed by atoms with Crippen LogP contribution in [0, 0.1) is 20.8 Å². The molecule has 2 saturated heterocycles. The number of carboxylic acid groups (broad SMARTS) is 1. The van der Waals surface area contributed by atoms with E-state index in [1.54, 1.807) is 25.1 Å². The highest BCUT2D eigenvalue weighted by Gasteiger charge is 2.53. The summed E-state index contributed by atoms with van der Waals surface area (Å²) >= 11 is 0. The minimum absolute atomic E-state index is 0.134. The average molecular weight is 776 g/mol. The van der Waals surface area contributed by atoms with Gasteiger partial charge in [-0.15, -0.1) is 0 Å². The van der Waals surface area contributed by atoms with Crippen LogP contribution in [0.1, 0.15) is 98.6 Å². The molecular weight excluding hydrogens is 727 g/mol. The molecule has 298 valence electrons. The predicted octanol–water partition coefficient (Wildman–Crippen LogP) is 6.92. The molecule has 4 N–H and O–H groups in total. The number of rotatable bonds is 5. The maximum absolute atomic E-state index is 12.8. The van der Waals surface area contributed by atoms with Gasteiger partial charge in [-0.1, -0.05) is 23.3 Å². The van der Waals surface area contributed by atoms with Crippen molar-refractivity contribution in [3.8, 4) is 0 Å². The quantitative estimate of drug-likeness (QED) is 0.144. The molecule has 0 aliphatic carbocycles. The summed E-state index contributed by atoms with van der Waals surface area (Å²) in [5.41, 5.74) is 8.88. The topological polar surface area (TPSA) is 155 Å². The number of nitrogen functional groups attached to an aromatic ring is 1. The molecule has 11 nitrogen and oxygen atoms in total. The monoisotopic (exact) mass is 776 g/mol. The van der Waals surface area contributed by atoms with Gasteiger partial charge in [0, 0.05) is 35.0 Å². The van der Waals surface area contributed by atoms with Crippen molar-refractivity contribution in [1.82, 2.24) is 9.97 Å². The number of nitrogens with one attached hydrogen (secondary N) is 1. The van der Waals surface area contributed by atoms with E-state index in [2.05, 4.69) is 43.0 Å². The number of nitrogens with two attached hydrogens (primary N) is 1. The zero-order chi connectivity index (χ0) is 42.0. The molecule has 16 heteroatoms. The Bertz CT molecular complexity index is 2040. The molecular formula is C40H49B2F3N4O7. The fourth-order valence-electron chi connectivity index (χ4n) is 5.43. The lowest BCUT2D eigenvalue weighted by Crippen LogP contribution is -2.41. The van der Waals surface area contributed by atoms with Gasteiger partial charge in [-0.3, -0.25) is 14.8 Å². The molecule has 0 saturated carbocycles. The number of carboxylic acids is 1. The van der Waals surface area contributed by atoms with Crippen molar-refractivity contribution < 1.29 is 46.5 Å². The molecule has 0 radical (unpaired) electrons. The first-order valence-electron chi connectivity index (χ1n) is 17.9. The van der Waals surface area contributed by atoms with E-state index in [1.807, 2.05) is 59.7 Å². The van der Waals surface area contributed by atoms with Crippen molar-refractivity contribution in [3.05, 3.63) is 107 Å². The molecule has 0 bridgehead atoms. The normalized spacial score (nSPS) is 17.6. The van der Waals surface area contributed by atoms with E-state index in [0.717, 1.165) is 45.7 Å². The van der Waals surface area contributed by atoms with Gasteiger partial charge in [-0.05, 0) is 136 Å². The summed E-state index contributed by atoms with van der Waals surface area (Å²) in [5.74, 6) is -1.58. The number of anilines is 2. The third kappa shape index (κ3) is 10.3. The zero-order valence-electron chi connectivity index (χ0n) is 33.6. The Morgan fingerprint density at radius 3 is 1.61 bits per heavy atom. The largest absolute Gasteiger partial charge is 0.495 e. The fourth-order valence-corrected chi connectivity index (χ4v) is 5.43. The molecule has 2 aliphatic rings. The molecule has 6 rings (SSSR count). The van der Waals surface area contributed by atoms with Gasteiger partial charge in [0.05, 0.1) is 28.0 Å². The highest BCUT2D eigenvalue weighted by Crippen LogP contribution is 2.38. The zero-order valence-corrected chi connectivity index (χ0v) is 33.6. The number of aromatic nitrogens is 2. The van der Waals surface area contributed by atoms with Crippen LogP contribution in [0.5, 0.6) is 0 Å². The number of halogens is 3. The number of carbonyl (C=O) groups excluding carboxylic acids is 1. The van der Waals surface area contributed by atoms with Crippen molar-refractivity contribution in [1.29, 1.82) is 0 Å². The third-order valence-electron chi connectivity index (χ3n) is 10.3. The number of aromatic carboxylic acids is 1. The third-order valence-corrected chi connectivity index (χ3v) is 10.3. The SMILES string of the molecule is Cc1cc(C(=O)O)ccn1.Cc1ccc(N)cc1B1OC(C)(C)C(C)(C)O1.Cc1ccc(NC(=O)c2ccnc(C(F)(F)F)c2)cc1B1OC(C)(C)C(C)(C)O1. The number of carbonyl (C=O) groups is 2. The highest BCUT2D eigenvalue weighted by molar-refractivity contribution is 6.63. The van der Waals surface area contributed by atoms with E-state index in [9.17, 15) is 22.8 Å². The number of hydrogen-bond donors (Lipinski definition) is 3. The Balaban J connectivity index is 0.000000216. The van der Waals surface area contributed by atoms with Crippen molar-refractivity contribution >= 4 is 48.4 Å². The van der Waals surface area contributed by atoms with Crippen LogP contribution in [0.4, 0.5) is 24.5 Å². The maximum atomic E-state index is 12.8. The molecule has 0 atom stereocenters. The summed E-state index contributed by atoms with van der Waals surface area (Å²) in [6.07, 6.45) is -2.18. The molecule has 0 spiro atoms. The summed E-state index contributed by atoms with van der Waals surface area (Å²) in [5, 5.41) is 11.1. The number of pyridine rings is 2. The lowest BCUT2D eigenvalue weighted by Gasteiger charge is -2.32. The van der Waals surface area contributed by atoms with Gasteiger partial charge in [0.1, 0.15) is 5.69 Å². The van der Waals surface area contributed by atoms with E-state index in [1.165, 1.54) is 24.4 Å². The minimum Gasteiger partial charge on any atom is -0.478 e. The Hall–Kier alpha value is -4.76. The van der Waals surface area contributed by atoms with E-state index < -0.39 is 42.1 Å². The minimum atomic E-state index is -4.62. The van der Waals surface area contributed by atoms with Crippen LogP contribution in [-0.4, -0.2) is 63.6 Å². The smallest absolute Gasteiger partial charge is 0.478 e.